The molecule has 0 atom stereocenters. The maximum atomic E-state index is 5.90. The van der Waals surface area contributed by atoms with Crippen LogP contribution in [0.1, 0.15) is 12.1 Å². The number of nitrogens with zero attached hydrogens (tertiary/aromatic N) is 3. The number of methoxy groups -OCH3 is 2. The fourth-order valence-electron chi connectivity index (χ4n) is 2.19. The summed E-state index contributed by atoms with van der Waals surface area (Å²) in [6.45, 7) is 3.57. The van der Waals surface area contributed by atoms with Crippen molar-refractivity contribution >= 4 is 22.1 Å². The lowest BCUT2D eigenvalue weighted by atomic mass is 10.3. The zero-order valence-electron chi connectivity index (χ0n) is 12.0. The Labute approximate surface area is 123 Å². The third kappa shape index (κ3) is 3.29. The highest BCUT2D eigenvalue weighted by Crippen LogP contribution is 2.24. The van der Waals surface area contributed by atoms with Crippen molar-refractivity contribution in [3.63, 3.8) is 0 Å². The van der Waals surface area contributed by atoms with Crippen molar-refractivity contribution in [1.82, 2.24) is 9.38 Å². The van der Waals surface area contributed by atoms with Crippen LogP contribution in [-0.4, -0.2) is 49.9 Å². The number of nitrogens with two attached hydrogens (primary N) is 1. The minimum atomic E-state index is 0.473. The minimum Gasteiger partial charge on any atom is -0.385 e. The molecular weight excluding hydrogens is 276 g/mol. The summed E-state index contributed by atoms with van der Waals surface area (Å²) in [5, 5.41) is 2.02. The van der Waals surface area contributed by atoms with Crippen LogP contribution < -0.4 is 10.6 Å². The predicted octanol–water partition coefficient (Wildman–Crippen LogP) is 1.34. The van der Waals surface area contributed by atoms with Gasteiger partial charge in [-0.25, -0.2) is 4.98 Å². The Kier molecular flexibility index (Phi) is 5.78. The first-order chi connectivity index (χ1) is 9.81. The third-order valence-electron chi connectivity index (χ3n) is 3.17. The number of hydrogen-bond acceptors (Lipinski definition) is 6. The summed E-state index contributed by atoms with van der Waals surface area (Å²) < 4.78 is 12.4. The summed E-state index contributed by atoms with van der Waals surface area (Å²) in [6.07, 6.45) is 2.97. The minimum absolute atomic E-state index is 0.473. The second-order valence-electron chi connectivity index (χ2n) is 4.47. The highest BCUT2D eigenvalue weighted by atomic mass is 32.1. The largest absolute Gasteiger partial charge is 0.385 e. The van der Waals surface area contributed by atoms with E-state index in [0.717, 1.165) is 42.6 Å². The first-order valence-electron chi connectivity index (χ1n) is 6.69. The lowest BCUT2D eigenvalue weighted by Crippen LogP contribution is -2.30. The average molecular weight is 298 g/mol. The van der Waals surface area contributed by atoms with Crippen LogP contribution in [0.4, 0.5) is 5.82 Å². The smallest absolute Gasteiger partial charge is 0.195 e. The van der Waals surface area contributed by atoms with Gasteiger partial charge in [0, 0.05) is 52.0 Å². The number of fused-ring (bicyclic) bond motifs is 1. The summed E-state index contributed by atoms with van der Waals surface area (Å²) in [7, 11) is 3.43. The molecule has 0 unspecified atom stereocenters. The number of thiazole rings is 1. The molecule has 0 amide bonds. The van der Waals surface area contributed by atoms with Gasteiger partial charge in [-0.05, 0) is 6.42 Å². The molecule has 0 fully saturated rings. The summed E-state index contributed by atoms with van der Waals surface area (Å²) in [6, 6.07) is 0. The van der Waals surface area contributed by atoms with Gasteiger partial charge >= 0.3 is 0 Å². The highest BCUT2D eigenvalue weighted by Gasteiger charge is 2.17. The van der Waals surface area contributed by atoms with Gasteiger partial charge in [-0.1, -0.05) is 0 Å². The van der Waals surface area contributed by atoms with Crippen molar-refractivity contribution in [2.24, 2.45) is 5.73 Å². The number of anilines is 1. The summed E-state index contributed by atoms with van der Waals surface area (Å²) in [4.78, 5) is 7.91. The van der Waals surface area contributed by atoms with Crippen LogP contribution in [0.15, 0.2) is 11.6 Å². The quantitative estimate of drug-likeness (QED) is 0.708. The molecule has 2 heterocycles. The van der Waals surface area contributed by atoms with Gasteiger partial charge in [0.15, 0.2) is 10.8 Å². The van der Waals surface area contributed by atoms with E-state index in [9.17, 15) is 0 Å². The standard InChI is InChI=1S/C13H22N4O2S/c1-18-7-3-4-16(5-8-19-2)12-11(10-14)17-6-9-20-13(17)15-12/h6,9H,3-5,7-8,10,14H2,1-2H3. The van der Waals surface area contributed by atoms with Gasteiger partial charge in [0.25, 0.3) is 0 Å². The van der Waals surface area contributed by atoms with E-state index >= 15 is 0 Å². The number of hydrogen-bond donors (Lipinski definition) is 1. The molecule has 0 spiro atoms. The van der Waals surface area contributed by atoms with Gasteiger partial charge in [-0.15, -0.1) is 11.3 Å². The van der Waals surface area contributed by atoms with Gasteiger partial charge in [0.1, 0.15) is 0 Å². The van der Waals surface area contributed by atoms with Gasteiger partial charge in [0.05, 0.1) is 12.3 Å². The van der Waals surface area contributed by atoms with Crippen molar-refractivity contribution in [3.05, 3.63) is 17.3 Å². The SMILES string of the molecule is COCCCN(CCOC)c1nc2sccn2c1CN. The molecule has 2 aromatic heterocycles. The molecule has 0 radical (unpaired) electrons. The molecule has 2 N–H and O–H groups in total. The van der Waals surface area contributed by atoms with E-state index in [1.807, 2.05) is 11.6 Å². The number of aromatic nitrogens is 2. The normalized spacial score (nSPS) is 11.3. The molecule has 0 aliphatic carbocycles. The summed E-state index contributed by atoms with van der Waals surface area (Å²) in [5.74, 6) is 0.965. The maximum absolute atomic E-state index is 5.90. The van der Waals surface area contributed by atoms with Crippen molar-refractivity contribution in [1.29, 1.82) is 0 Å². The fourth-order valence-corrected chi connectivity index (χ4v) is 2.92. The zero-order chi connectivity index (χ0) is 14.4. The first-order valence-corrected chi connectivity index (χ1v) is 7.57. The molecule has 0 saturated heterocycles. The zero-order valence-corrected chi connectivity index (χ0v) is 12.9. The summed E-state index contributed by atoms with van der Waals surface area (Å²) >= 11 is 1.62. The van der Waals surface area contributed by atoms with E-state index in [4.69, 9.17) is 20.2 Å². The molecule has 0 aliphatic rings. The van der Waals surface area contributed by atoms with Crippen LogP contribution in [-0.2, 0) is 16.0 Å². The Morgan fingerprint density at radius 3 is 2.80 bits per heavy atom. The highest BCUT2D eigenvalue weighted by molar-refractivity contribution is 7.15. The van der Waals surface area contributed by atoms with Gasteiger partial charge in [-0.2, -0.15) is 0 Å². The lowest BCUT2D eigenvalue weighted by molar-refractivity contribution is 0.191. The molecule has 2 rings (SSSR count). The van der Waals surface area contributed by atoms with E-state index in [-0.39, 0.29) is 0 Å². The second kappa shape index (κ2) is 7.58. The van der Waals surface area contributed by atoms with Crippen LogP contribution in [0.5, 0.6) is 0 Å². The van der Waals surface area contributed by atoms with E-state index in [1.54, 1.807) is 25.6 Å². The molecule has 6 nitrogen and oxygen atoms in total. The maximum Gasteiger partial charge on any atom is 0.195 e. The molecule has 0 aliphatic heterocycles. The molecular formula is C13H22N4O2S. The summed E-state index contributed by atoms with van der Waals surface area (Å²) in [5.41, 5.74) is 6.95. The molecule has 0 saturated carbocycles. The Morgan fingerprint density at radius 2 is 2.10 bits per heavy atom. The monoisotopic (exact) mass is 298 g/mol. The van der Waals surface area contributed by atoms with Crippen LogP contribution in [0.2, 0.25) is 0 Å². The Hall–Kier alpha value is -1.15. The van der Waals surface area contributed by atoms with E-state index < -0.39 is 0 Å². The van der Waals surface area contributed by atoms with Crippen LogP contribution in [0.3, 0.4) is 0 Å². The van der Waals surface area contributed by atoms with Gasteiger partial charge < -0.3 is 20.1 Å². The Morgan fingerprint density at radius 1 is 1.30 bits per heavy atom. The van der Waals surface area contributed by atoms with Crippen molar-refractivity contribution in [2.45, 2.75) is 13.0 Å². The van der Waals surface area contributed by atoms with E-state index in [2.05, 4.69) is 9.30 Å². The lowest BCUT2D eigenvalue weighted by Gasteiger charge is -2.23. The van der Waals surface area contributed by atoms with Gasteiger partial charge in [-0.3, -0.25) is 4.40 Å². The number of imidazole rings is 1. The Balaban J connectivity index is 2.21. The first kappa shape index (κ1) is 15.2. The second-order valence-corrected chi connectivity index (χ2v) is 5.34. The topological polar surface area (TPSA) is 65.0 Å². The molecule has 20 heavy (non-hydrogen) atoms. The average Bonchev–Trinajstić information content (AvgIpc) is 3.02. The van der Waals surface area contributed by atoms with Gasteiger partial charge in [0.2, 0.25) is 0 Å². The number of ether oxygens (including phenoxy) is 2. The van der Waals surface area contributed by atoms with E-state index in [0.29, 0.717) is 13.2 Å². The van der Waals surface area contributed by atoms with E-state index in [1.165, 1.54) is 0 Å². The van der Waals surface area contributed by atoms with Crippen LogP contribution in [0.25, 0.3) is 4.96 Å². The third-order valence-corrected chi connectivity index (χ3v) is 3.93. The number of rotatable bonds is 9. The Bertz CT molecular complexity index is 525. The molecule has 7 heteroatoms. The predicted molar refractivity (Wildman–Crippen MR) is 81.5 cm³/mol. The van der Waals surface area contributed by atoms with Crippen LogP contribution >= 0.6 is 11.3 Å². The van der Waals surface area contributed by atoms with Crippen molar-refractivity contribution < 1.29 is 9.47 Å². The van der Waals surface area contributed by atoms with Crippen molar-refractivity contribution in [3.8, 4) is 0 Å². The molecule has 0 aromatic carbocycles. The fraction of sp³-hybridized carbons (Fsp3) is 0.615. The molecule has 0 bridgehead atoms. The van der Waals surface area contributed by atoms with Crippen molar-refractivity contribution in [2.75, 3.05) is 45.4 Å². The van der Waals surface area contributed by atoms with Crippen LogP contribution in [0, 0.1) is 0 Å². The molecule has 112 valence electrons. The molecule has 2 aromatic rings.